The molecule has 0 spiro atoms. The molecule has 2 amide bonds. The van der Waals surface area contributed by atoms with Gasteiger partial charge in [-0.1, -0.05) is 13.8 Å². The first kappa shape index (κ1) is 20.5. The standard InChI is InChI=1S/C18H23N3O3S.ClH/c1-11-9-14(20-16(22)12-5-4-8-24-12)25-15(11)17(23)21-7-6-13(19)18(2,3)10-21;/h4-5,8-9,13H,6-7,10,19H2,1-3H3,(H,20,22);1H. The quantitative estimate of drug-likeness (QED) is 0.829. The van der Waals surface area contributed by atoms with Gasteiger partial charge in [0.25, 0.3) is 11.8 Å². The van der Waals surface area contributed by atoms with E-state index in [1.807, 2.05) is 17.9 Å². The highest BCUT2D eigenvalue weighted by Gasteiger charge is 2.36. The van der Waals surface area contributed by atoms with Crippen LogP contribution in [-0.4, -0.2) is 35.8 Å². The first-order valence-corrected chi connectivity index (χ1v) is 9.10. The van der Waals surface area contributed by atoms with Crippen molar-refractivity contribution < 1.29 is 14.0 Å². The number of hydrogen-bond acceptors (Lipinski definition) is 5. The Bertz CT molecular complexity index is 786. The van der Waals surface area contributed by atoms with Gasteiger partial charge in [-0.15, -0.1) is 23.7 Å². The molecule has 3 rings (SSSR count). The van der Waals surface area contributed by atoms with Gasteiger partial charge < -0.3 is 20.4 Å². The normalized spacial score (nSPS) is 18.9. The largest absolute Gasteiger partial charge is 0.459 e. The maximum Gasteiger partial charge on any atom is 0.291 e. The summed E-state index contributed by atoms with van der Waals surface area (Å²) in [6.07, 6.45) is 2.25. The van der Waals surface area contributed by atoms with Crippen LogP contribution in [-0.2, 0) is 0 Å². The van der Waals surface area contributed by atoms with Gasteiger partial charge in [0.2, 0.25) is 0 Å². The highest BCUT2D eigenvalue weighted by atomic mass is 35.5. The lowest BCUT2D eigenvalue weighted by atomic mass is 9.79. The number of anilines is 1. The minimum atomic E-state index is -0.324. The first-order chi connectivity index (χ1) is 11.8. The molecule has 2 aromatic heterocycles. The molecule has 8 heteroatoms. The summed E-state index contributed by atoms with van der Waals surface area (Å²) in [6, 6.07) is 5.18. The molecule has 26 heavy (non-hydrogen) atoms. The number of likely N-dealkylation sites (tertiary alicyclic amines) is 1. The Morgan fingerprint density at radius 3 is 2.77 bits per heavy atom. The second kappa shape index (κ2) is 7.82. The van der Waals surface area contributed by atoms with Gasteiger partial charge in [-0.25, -0.2) is 0 Å². The molecule has 1 aliphatic rings. The summed E-state index contributed by atoms with van der Waals surface area (Å²) in [5, 5.41) is 3.42. The molecule has 0 saturated carbocycles. The van der Waals surface area contributed by atoms with E-state index < -0.39 is 0 Å². The van der Waals surface area contributed by atoms with Crippen LogP contribution in [0.5, 0.6) is 0 Å². The number of furan rings is 1. The number of piperidine rings is 1. The number of aryl methyl sites for hydroxylation is 1. The average molecular weight is 398 g/mol. The third kappa shape index (κ3) is 4.11. The van der Waals surface area contributed by atoms with Crippen molar-refractivity contribution in [2.45, 2.75) is 33.2 Å². The van der Waals surface area contributed by atoms with Gasteiger partial charge in [0.15, 0.2) is 5.76 Å². The van der Waals surface area contributed by atoms with Gasteiger partial charge in [-0.2, -0.15) is 0 Å². The third-order valence-electron chi connectivity index (χ3n) is 4.69. The Morgan fingerprint density at radius 1 is 1.42 bits per heavy atom. The molecular formula is C18H24ClN3O3S. The molecule has 6 nitrogen and oxygen atoms in total. The number of carbonyl (C=O) groups excluding carboxylic acids is 2. The van der Waals surface area contributed by atoms with Crippen molar-refractivity contribution in [2.75, 3.05) is 18.4 Å². The number of rotatable bonds is 3. The van der Waals surface area contributed by atoms with Gasteiger partial charge in [0.1, 0.15) is 0 Å². The molecule has 3 heterocycles. The van der Waals surface area contributed by atoms with Crippen LogP contribution in [0.25, 0.3) is 0 Å². The van der Waals surface area contributed by atoms with Crippen LogP contribution < -0.4 is 11.1 Å². The van der Waals surface area contributed by atoms with E-state index in [0.29, 0.717) is 23.0 Å². The van der Waals surface area contributed by atoms with E-state index in [1.54, 1.807) is 12.1 Å². The molecule has 1 aliphatic heterocycles. The van der Waals surface area contributed by atoms with Crippen LogP contribution in [0.4, 0.5) is 5.00 Å². The van der Waals surface area contributed by atoms with Crippen molar-refractivity contribution in [3.05, 3.63) is 40.7 Å². The minimum Gasteiger partial charge on any atom is -0.459 e. The fourth-order valence-electron chi connectivity index (χ4n) is 3.03. The van der Waals surface area contributed by atoms with Crippen molar-refractivity contribution in [3.8, 4) is 0 Å². The molecule has 0 aromatic carbocycles. The van der Waals surface area contributed by atoms with E-state index in [-0.39, 0.29) is 41.4 Å². The molecule has 1 fully saturated rings. The van der Waals surface area contributed by atoms with Gasteiger partial charge in [0, 0.05) is 19.1 Å². The zero-order valence-electron chi connectivity index (χ0n) is 15.1. The predicted octanol–water partition coefficient (Wildman–Crippen LogP) is 3.52. The van der Waals surface area contributed by atoms with E-state index in [9.17, 15) is 9.59 Å². The maximum atomic E-state index is 12.9. The van der Waals surface area contributed by atoms with Crippen LogP contribution in [0.3, 0.4) is 0 Å². The summed E-state index contributed by atoms with van der Waals surface area (Å²) < 4.78 is 5.09. The number of nitrogens with two attached hydrogens (primary N) is 1. The van der Waals surface area contributed by atoms with Crippen molar-refractivity contribution in [3.63, 3.8) is 0 Å². The second-order valence-corrected chi connectivity index (χ2v) is 8.22. The Hall–Kier alpha value is -1.83. The summed E-state index contributed by atoms with van der Waals surface area (Å²) in [5.74, 6) is -0.0815. The number of thiophene rings is 1. The lowest BCUT2D eigenvalue weighted by Crippen LogP contribution is -2.53. The molecule has 0 radical (unpaired) electrons. The van der Waals surface area contributed by atoms with E-state index in [0.717, 1.165) is 12.0 Å². The van der Waals surface area contributed by atoms with Crippen molar-refractivity contribution in [1.29, 1.82) is 0 Å². The zero-order chi connectivity index (χ0) is 18.2. The fourth-order valence-corrected chi connectivity index (χ4v) is 4.06. The molecular weight excluding hydrogens is 374 g/mol. The van der Waals surface area contributed by atoms with Gasteiger partial charge >= 0.3 is 0 Å². The molecule has 1 atom stereocenters. The average Bonchev–Trinajstić information content (AvgIpc) is 3.19. The molecule has 3 N–H and O–H groups in total. The second-order valence-electron chi connectivity index (χ2n) is 7.16. The van der Waals surface area contributed by atoms with Gasteiger partial charge in [0.05, 0.1) is 16.1 Å². The molecule has 1 saturated heterocycles. The van der Waals surface area contributed by atoms with E-state index in [2.05, 4.69) is 19.2 Å². The Labute approximate surface area is 163 Å². The summed E-state index contributed by atoms with van der Waals surface area (Å²) in [4.78, 5) is 27.5. The molecule has 2 aromatic rings. The Balaban J connectivity index is 0.00000243. The lowest BCUT2D eigenvalue weighted by Gasteiger charge is -2.42. The Kier molecular flexibility index (Phi) is 6.16. The molecule has 0 bridgehead atoms. The molecule has 0 aliphatic carbocycles. The third-order valence-corrected chi connectivity index (χ3v) is 5.83. The SMILES string of the molecule is Cc1cc(NC(=O)c2ccco2)sc1C(=O)N1CCC(N)C(C)(C)C1.Cl. The number of carbonyl (C=O) groups is 2. The number of nitrogens with zero attached hydrogens (tertiary/aromatic N) is 1. The van der Waals surface area contributed by atoms with E-state index in [4.69, 9.17) is 10.2 Å². The summed E-state index contributed by atoms with van der Waals surface area (Å²) in [5.41, 5.74) is 6.91. The zero-order valence-corrected chi connectivity index (χ0v) is 16.7. The van der Waals surface area contributed by atoms with Crippen molar-refractivity contribution >= 4 is 40.6 Å². The van der Waals surface area contributed by atoms with Crippen molar-refractivity contribution in [2.24, 2.45) is 11.1 Å². The van der Waals surface area contributed by atoms with Crippen LogP contribution in [0.15, 0.2) is 28.9 Å². The minimum absolute atomic E-state index is 0. The van der Waals surface area contributed by atoms with Crippen molar-refractivity contribution in [1.82, 2.24) is 4.90 Å². The fraction of sp³-hybridized carbons (Fsp3) is 0.444. The Morgan fingerprint density at radius 2 is 2.15 bits per heavy atom. The lowest BCUT2D eigenvalue weighted by molar-refractivity contribution is 0.0537. The van der Waals surface area contributed by atoms with Gasteiger partial charge in [-0.05, 0) is 42.5 Å². The first-order valence-electron chi connectivity index (χ1n) is 8.28. The number of nitrogens with one attached hydrogen (secondary N) is 1. The summed E-state index contributed by atoms with van der Waals surface area (Å²) >= 11 is 1.29. The number of halogens is 1. The molecule has 1 unspecified atom stereocenters. The van der Waals surface area contributed by atoms with Crippen LogP contribution in [0.2, 0.25) is 0 Å². The summed E-state index contributed by atoms with van der Waals surface area (Å²) in [6.45, 7) is 7.36. The van der Waals surface area contributed by atoms with E-state index in [1.165, 1.54) is 17.6 Å². The van der Waals surface area contributed by atoms with Crippen LogP contribution in [0, 0.1) is 12.3 Å². The van der Waals surface area contributed by atoms with Crippen LogP contribution in [0.1, 0.15) is 46.1 Å². The smallest absolute Gasteiger partial charge is 0.291 e. The number of amides is 2. The molecule has 142 valence electrons. The van der Waals surface area contributed by atoms with Gasteiger partial charge in [-0.3, -0.25) is 9.59 Å². The highest BCUT2D eigenvalue weighted by Crippen LogP contribution is 2.32. The monoisotopic (exact) mass is 397 g/mol. The summed E-state index contributed by atoms with van der Waals surface area (Å²) in [7, 11) is 0. The van der Waals surface area contributed by atoms with E-state index >= 15 is 0 Å². The highest BCUT2D eigenvalue weighted by molar-refractivity contribution is 7.18. The predicted molar refractivity (Wildman–Crippen MR) is 105 cm³/mol. The topological polar surface area (TPSA) is 88.6 Å². The maximum absolute atomic E-state index is 12.9. The van der Waals surface area contributed by atoms with Crippen LogP contribution >= 0.6 is 23.7 Å². The number of hydrogen-bond donors (Lipinski definition) is 2.